The summed E-state index contributed by atoms with van der Waals surface area (Å²) in [5.74, 6) is 0.917. The molecule has 1 aliphatic heterocycles. The van der Waals surface area contributed by atoms with Gasteiger partial charge in [-0.15, -0.1) is 0 Å². The third-order valence-electron chi connectivity index (χ3n) is 5.86. The molecule has 31 heavy (non-hydrogen) atoms. The van der Waals surface area contributed by atoms with Crippen molar-refractivity contribution in [2.45, 2.75) is 32.5 Å². The van der Waals surface area contributed by atoms with Gasteiger partial charge in [0.1, 0.15) is 5.75 Å². The van der Waals surface area contributed by atoms with E-state index in [4.69, 9.17) is 4.74 Å². The summed E-state index contributed by atoms with van der Waals surface area (Å²) in [4.78, 5) is 5.00. The zero-order valence-corrected chi connectivity index (χ0v) is 18.2. The number of aliphatic hydroxyl groups excluding tert-OH is 1. The Morgan fingerprint density at radius 2 is 1.90 bits per heavy atom. The van der Waals surface area contributed by atoms with Gasteiger partial charge in [0.2, 0.25) is 0 Å². The number of hydrogen-bond acceptors (Lipinski definition) is 5. The van der Waals surface area contributed by atoms with E-state index in [1.807, 2.05) is 36.0 Å². The standard InChI is InChI=1S/C25H32N4O2/c1-2-31-25-9-7-21(8-10-25)19-28-15-14-27(20-24(28)11-16-30)18-22-5-3-6-23(17-22)29-13-4-12-26-29/h3-10,12-13,17,24,30H,2,11,14-16,18-20H2,1H3. The summed E-state index contributed by atoms with van der Waals surface area (Å²) in [6.07, 6.45) is 4.56. The van der Waals surface area contributed by atoms with E-state index < -0.39 is 0 Å². The van der Waals surface area contributed by atoms with Crippen LogP contribution >= 0.6 is 0 Å². The van der Waals surface area contributed by atoms with Gasteiger partial charge in [-0.1, -0.05) is 24.3 Å². The topological polar surface area (TPSA) is 53.8 Å². The Morgan fingerprint density at radius 1 is 1.03 bits per heavy atom. The summed E-state index contributed by atoms with van der Waals surface area (Å²) >= 11 is 0. The van der Waals surface area contributed by atoms with Crippen molar-refractivity contribution >= 4 is 0 Å². The van der Waals surface area contributed by atoms with Crippen molar-refractivity contribution in [1.29, 1.82) is 0 Å². The van der Waals surface area contributed by atoms with E-state index in [1.165, 1.54) is 11.1 Å². The molecule has 164 valence electrons. The van der Waals surface area contributed by atoms with Crippen molar-refractivity contribution in [1.82, 2.24) is 19.6 Å². The molecule has 2 aromatic carbocycles. The zero-order chi connectivity index (χ0) is 21.5. The van der Waals surface area contributed by atoms with Crippen LogP contribution in [0.5, 0.6) is 5.75 Å². The van der Waals surface area contributed by atoms with Gasteiger partial charge in [0.25, 0.3) is 0 Å². The molecule has 1 N–H and O–H groups in total. The van der Waals surface area contributed by atoms with Crippen LogP contribution in [-0.2, 0) is 13.1 Å². The number of benzene rings is 2. The average Bonchev–Trinajstić information content (AvgIpc) is 3.33. The van der Waals surface area contributed by atoms with Crippen LogP contribution in [0.2, 0.25) is 0 Å². The molecule has 1 atom stereocenters. The number of hydrogen-bond donors (Lipinski definition) is 1. The van der Waals surface area contributed by atoms with Crippen molar-refractivity contribution in [2.75, 3.05) is 32.8 Å². The van der Waals surface area contributed by atoms with Crippen LogP contribution in [0.4, 0.5) is 0 Å². The Bertz CT molecular complexity index is 927. The first-order valence-corrected chi connectivity index (χ1v) is 11.1. The predicted octanol–water partition coefficient (Wildman–Crippen LogP) is 3.34. The lowest BCUT2D eigenvalue weighted by Crippen LogP contribution is -2.52. The highest BCUT2D eigenvalue weighted by atomic mass is 16.5. The van der Waals surface area contributed by atoms with Crippen molar-refractivity contribution in [3.8, 4) is 11.4 Å². The van der Waals surface area contributed by atoms with Crippen LogP contribution in [0.15, 0.2) is 67.0 Å². The molecule has 0 saturated carbocycles. The van der Waals surface area contributed by atoms with E-state index in [0.29, 0.717) is 12.6 Å². The van der Waals surface area contributed by atoms with E-state index >= 15 is 0 Å². The van der Waals surface area contributed by atoms with E-state index in [2.05, 4.69) is 51.3 Å². The summed E-state index contributed by atoms with van der Waals surface area (Å²) in [5.41, 5.74) is 3.66. The maximum absolute atomic E-state index is 9.64. The second kappa shape index (κ2) is 10.6. The number of aliphatic hydroxyl groups is 1. The summed E-state index contributed by atoms with van der Waals surface area (Å²) in [7, 11) is 0. The van der Waals surface area contributed by atoms with Crippen molar-refractivity contribution < 1.29 is 9.84 Å². The molecule has 6 nitrogen and oxygen atoms in total. The van der Waals surface area contributed by atoms with Gasteiger partial charge >= 0.3 is 0 Å². The van der Waals surface area contributed by atoms with Crippen LogP contribution in [0.1, 0.15) is 24.5 Å². The molecule has 0 spiro atoms. The van der Waals surface area contributed by atoms with Gasteiger partial charge in [-0.3, -0.25) is 9.80 Å². The first-order chi connectivity index (χ1) is 15.2. The fourth-order valence-electron chi connectivity index (χ4n) is 4.30. The van der Waals surface area contributed by atoms with Gasteiger partial charge in [-0.05, 0) is 54.8 Å². The smallest absolute Gasteiger partial charge is 0.119 e. The average molecular weight is 421 g/mol. The molecule has 0 bridgehead atoms. The Kier molecular flexibility index (Phi) is 7.35. The minimum atomic E-state index is 0.215. The molecule has 1 saturated heterocycles. The molecule has 6 heteroatoms. The van der Waals surface area contributed by atoms with Crippen molar-refractivity contribution in [3.05, 3.63) is 78.1 Å². The van der Waals surface area contributed by atoms with Crippen LogP contribution < -0.4 is 4.74 Å². The highest BCUT2D eigenvalue weighted by molar-refractivity contribution is 5.35. The number of nitrogens with zero attached hydrogens (tertiary/aromatic N) is 4. The van der Waals surface area contributed by atoms with Gasteiger partial charge in [-0.2, -0.15) is 5.10 Å². The third-order valence-corrected chi connectivity index (χ3v) is 5.86. The Morgan fingerprint density at radius 3 is 2.65 bits per heavy atom. The van der Waals surface area contributed by atoms with Gasteiger partial charge in [0, 0.05) is 57.8 Å². The molecule has 1 fully saturated rings. The molecule has 0 aliphatic carbocycles. The van der Waals surface area contributed by atoms with E-state index in [9.17, 15) is 5.11 Å². The van der Waals surface area contributed by atoms with Gasteiger partial charge < -0.3 is 9.84 Å². The third kappa shape index (κ3) is 5.73. The lowest BCUT2D eigenvalue weighted by Gasteiger charge is -2.41. The summed E-state index contributed by atoms with van der Waals surface area (Å²) < 4.78 is 7.45. The maximum atomic E-state index is 9.64. The first kappa shape index (κ1) is 21.6. The molecule has 0 radical (unpaired) electrons. The summed E-state index contributed by atoms with van der Waals surface area (Å²) in [6, 6.07) is 19.2. The van der Waals surface area contributed by atoms with E-state index in [-0.39, 0.29) is 6.61 Å². The number of piperazine rings is 1. The van der Waals surface area contributed by atoms with E-state index in [1.54, 1.807) is 6.20 Å². The van der Waals surface area contributed by atoms with Crippen molar-refractivity contribution in [2.24, 2.45) is 0 Å². The summed E-state index contributed by atoms with van der Waals surface area (Å²) in [6.45, 7) is 7.69. The molecule has 4 rings (SSSR count). The van der Waals surface area contributed by atoms with Gasteiger partial charge in [0.05, 0.1) is 12.3 Å². The molecular weight excluding hydrogens is 388 g/mol. The Balaban J connectivity index is 1.38. The molecule has 2 heterocycles. The first-order valence-electron chi connectivity index (χ1n) is 11.1. The van der Waals surface area contributed by atoms with E-state index in [0.717, 1.165) is 50.6 Å². The minimum Gasteiger partial charge on any atom is -0.494 e. The lowest BCUT2D eigenvalue weighted by molar-refractivity contribution is 0.0500. The largest absolute Gasteiger partial charge is 0.494 e. The van der Waals surface area contributed by atoms with Crippen LogP contribution in [-0.4, -0.2) is 63.6 Å². The molecular formula is C25H32N4O2. The molecule has 1 aliphatic rings. The quantitative estimate of drug-likeness (QED) is 0.575. The fraction of sp³-hybridized carbons (Fsp3) is 0.400. The monoisotopic (exact) mass is 420 g/mol. The maximum Gasteiger partial charge on any atom is 0.119 e. The number of rotatable bonds is 9. The predicted molar refractivity (Wildman–Crippen MR) is 122 cm³/mol. The normalized spacial score (nSPS) is 17.7. The second-order valence-electron chi connectivity index (χ2n) is 8.07. The van der Waals surface area contributed by atoms with Crippen LogP contribution in [0.25, 0.3) is 5.69 Å². The minimum absolute atomic E-state index is 0.215. The fourth-order valence-corrected chi connectivity index (χ4v) is 4.30. The lowest BCUT2D eigenvalue weighted by atomic mass is 10.1. The number of ether oxygens (including phenoxy) is 1. The molecule has 0 amide bonds. The second-order valence-corrected chi connectivity index (χ2v) is 8.07. The summed E-state index contributed by atoms with van der Waals surface area (Å²) in [5, 5.41) is 14.0. The molecule has 1 aromatic heterocycles. The molecule has 1 unspecified atom stereocenters. The SMILES string of the molecule is CCOc1ccc(CN2CCN(Cc3cccc(-n4cccn4)c3)CC2CCO)cc1. The van der Waals surface area contributed by atoms with Gasteiger partial charge in [0.15, 0.2) is 0 Å². The number of aromatic nitrogens is 2. The molecule has 3 aromatic rings. The van der Waals surface area contributed by atoms with Crippen molar-refractivity contribution in [3.63, 3.8) is 0 Å². The Hall–Kier alpha value is -2.67. The van der Waals surface area contributed by atoms with Crippen LogP contribution in [0.3, 0.4) is 0 Å². The highest BCUT2D eigenvalue weighted by Gasteiger charge is 2.26. The van der Waals surface area contributed by atoms with Crippen LogP contribution in [0, 0.1) is 0 Å². The Labute approximate surface area is 184 Å². The van der Waals surface area contributed by atoms with Gasteiger partial charge in [-0.25, -0.2) is 4.68 Å². The zero-order valence-electron chi connectivity index (χ0n) is 18.2. The highest BCUT2D eigenvalue weighted by Crippen LogP contribution is 2.21.